The second-order valence-electron chi connectivity index (χ2n) is 2.64. The fourth-order valence-electron chi connectivity index (χ4n) is 1.11. The average Bonchev–Trinajstić information content (AvgIpc) is 2.16. The van der Waals surface area contributed by atoms with Crippen molar-refractivity contribution < 1.29 is 4.74 Å². The molecule has 1 rings (SSSR count). The predicted molar refractivity (Wildman–Crippen MR) is 57.8 cm³/mol. The van der Waals surface area contributed by atoms with Crippen molar-refractivity contribution in [2.45, 2.75) is 12.8 Å². The highest BCUT2D eigenvalue weighted by molar-refractivity contribution is 9.10. The Bertz CT molecular complexity index is 325. The molecule has 0 atom stereocenters. The van der Waals surface area contributed by atoms with E-state index in [4.69, 9.17) is 11.2 Å². The third kappa shape index (κ3) is 2.50. The summed E-state index contributed by atoms with van der Waals surface area (Å²) in [5, 5.41) is 0. The first-order chi connectivity index (χ1) is 6.29. The van der Waals surface area contributed by atoms with E-state index in [-0.39, 0.29) is 0 Å². The molecule has 0 bridgehead atoms. The third-order valence-electron chi connectivity index (χ3n) is 1.80. The Morgan fingerprint density at radius 2 is 2.31 bits per heavy atom. The topological polar surface area (TPSA) is 9.23 Å². The van der Waals surface area contributed by atoms with Crippen LogP contribution in [0.2, 0.25) is 0 Å². The fourth-order valence-corrected chi connectivity index (χ4v) is 1.74. The molecule has 0 aliphatic rings. The molecule has 0 amide bonds. The van der Waals surface area contributed by atoms with Crippen molar-refractivity contribution >= 4 is 15.9 Å². The normalized spacial score (nSPS) is 9.31. The van der Waals surface area contributed by atoms with Crippen LogP contribution in [0.25, 0.3) is 0 Å². The smallest absolute Gasteiger partial charge is 0.133 e. The van der Waals surface area contributed by atoms with Gasteiger partial charge in [0.05, 0.1) is 11.6 Å². The molecule has 0 saturated heterocycles. The summed E-state index contributed by atoms with van der Waals surface area (Å²) in [4.78, 5) is 0. The number of rotatable bonds is 3. The van der Waals surface area contributed by atoms with Gasteiger partial charge in [0.1, 0.15) is 5.75 Å². The predicted octanol–water partition coefficient (Wildman–Crippen LogP) is 3.02. The molecule has 0 saturated carbocycles. The van der Waals surface area contributed by atoms with Gasteiger partial charge < -0.3 is 4.74 Å². The molecule has 13 heavy (non-hydrogen) atoms. The first-order valence-corrected chi connectivity index (χ1v) is 4.83. The number of hydrogen-bond acceptors (Lipinski definition) is 1. The second kappa shape index (κ2) is 4.94. The van der Waals surface area contributed by atoms with Crippen LogP contribution in [-0.4, -0.2) is 7.11 Å². The van der Waals surface area contributed by atoms with E-state index < -0.39 is 0 Å². The quantitative estimate of drug-likeness (QED) is 0.736. The molecule has 1 aromatic rings. The standard InChI is InChI=1S/C11H11BrO/c1-3-4-6-9-7-5-8-10(13-2)11(9)12/h1,5,7-8H,4,6H2,2H3. The van der Waals surface area contributed by atoms with Crippen molar-refractivity contribution in [2.24, 2.45) is 0 Å². The first-order valence-electron chi connectivity index (χ1n) is 4.04. The van der Waals surface area contributed by atoms with Crippen LogP contribution < -0.4 is 4.74 Å². The molecule has 0 fully saturated rings. The second-order valence-corrected chi connectivity index (χ2v) is 3.43. The van der Waals surface area contributed by atoms with Gasteiger partial charge in [-0.05, 0) is 34.0 Å². The Morgan fingerprint density at radius 3 is 2.92 bits per heavy atom. The molecule has 1 nitrogen and oxygen atoms in total. The summed E-state index contributed by atoms with van der Waals surface area (Å²) in [6.45, 7) is 0. The number of methoxy groups -OCH3 is 1. The number of hydrogen-bond donors (Lipinski definition) is 0. The van der Waals surface area contributed by atoms with Crippen LogP contribution in [0.15, 0.2) is 22.7 Å². The molecule has 2 heteroatoms. The molecule has 0 unspecified atom stereocenters. The highest BCUT2D eigenvalue weighted by atomic mass is 79.9. The van der Waals surface area contributed by atoms with Crippen molar-refractivity contribution in [3.63, 3.8) is 0 Å². The summed E-state index contributed by atoms with van der Waals surface area (Å²) in [7, 11) is 1.66. The minimum absolute atomic E-state index is 0.756. The molecular weight excluding hydrogens is 228 g/mol. The van der Waals surface area contributed by atoms with Gasteiger partial charge in [-0.2, -0.15) is 0 Å². The van der Waals surface area contributed by atoms with Crippen molar-refractivity contribution in [3.05, 3.63) is 28.2 Å². The van der Waals surface area contributed by atoms with Gasteiger partial charge in [0.25, 0.3) is 0 Å². The van der Waals surface area contributed by atoms with Gasteiger partial charge in [0.15, 0.2) is 0 Å². The zero-order valence-electron chi connectivity index (χ0n) is 7.51. The van der Waals surface area contributed by atoms with E-state index in [2.05, 4.69) is 21.9 Å². The van der Waals surface area contributed by atoms with Gasteiger partial charge in [-0.15, -0.1) is 12.3 Å². The molecule has 0 N–H and O–H groups in total. The summed E-state index contributed by atoms with van der Waals surface area (Å²) in [5.74, 6) is 3.48. The third-order valence-corrected chi connectivity index (χ3v) is 2.70. The molecule has 68 valence electrons. The number of benzene rings is 1. The van der Waals surface area contributed by atoms with Crippen LogP contribution in [0.5, 0.6) is 5.75 Å². The maximum absolute atomic E-state index is 5.20. The lowest BCUT2D eigenvalue weighted by molar-refractivity contribution is 0.411. The summed E-state index contributed by atoms with van der Waals surface area (Å²) < 4.78 is 6.17. The fraction of sp³-hybridized carbons (Fsp3) is 0.273. The van der Waals surface area contributed by atoms with Crippen LogP contribution in [0, 0.1) is 12.3 Å². The Kier molecular flexibility index (Phi) is 3.85. The zero-order chi connectivity index (χ0) is 9.68. The lowest BCUT2D eigenvalue weighted by Gasteiger charge is -2.06. The van der Waals surface area contributed by atoms with E-state index in [0.717, 1.165) is 23.1 Å². The van der Waals surface area contributed by atoms with E-state index in [0.29, 0.717) is 0 Å². The minimum Gasteiger partial charge on any atom is -0.496 e. The summed E-state index contributed by atoms with van der Waals surface area (Å²) >= 11 is 3.48. The lowest BCUT2D eigenvalue weighted by Crippen LogP contribution is -1.90. The van der Waals surface area contributed by atoms with Crippen molar-refractivity contribution in [2.75, 3.05) is 7.11 Å². The molecule has 0 heterocycles. The van der Waals surface area contributed by atoms with E-state index in [1.54, 1.807) is 7.11 Å². The minimum atomic E-state index is 0.756. The number of ether oxygens (including phenoxy) is 1. The van der Waals surface area contributed by atoms with Gasteiger partial charge in [0.2, 0.25) is 0 Å². The molecule has 0 aliphatic heterocycles. The molecule has 1 aromatic carbocycles. The maximum atomic E-state index is 5.20. The van der Waals surface area contributed by atoms with Gasteiger partial charge >= 0.3 is 0 Å². The lowest BCUT2D eigenvalue weighted by atomic mass is 10.1. The van der Waals surface area contributed by atoms with Gasteiger partial charge in [-0.25, -0.2) is 0 Å². The molecule has 0 radical (unpaired) electrons. The number of aryl methyl sites for hydroxylation is 1. The van der Waals surface area contributed by atoms with Crippen LogP contribution in [0.4, 0.5) is 0 Å². The van der Waals surface area contributed by atoms with Crippen molar-refractivity contribution in [3.8, 4) is 18.1 Å². The van der Waals surface area contributed by atoms with Crippen LogP contribution >= 0.6 is 15.9 Å². The van der Waals surface area contributed by atoms with Gasteiger partial charge in [0, 0.05) is 6.42 Å². The summed E-state index contributed by atoms with van der Waals surface area (Å²) in [5.41, 5.74) is 1.19. The maximum Gasteiger partial charge on any atom is 0.133 e. The van der Waals surface area contributed by atoms with Gasteiger partial charge in [-0.3, -0.25) is 0 Å². The highest BCUT2D eigenvalue weighted by Gasteiger charge is 2.04. The Morgan fingerprint density at radius 1 is 1.54 bits per heavy atom. The number of halogens is 1. The van der Waals surface area contributed by atoms with E-state index >= 15 is 0 Å². The van der Waals surface area contributed by atoms with Gasteiger partial charge in [-0.1, -0.05) is 12.1 Å². The Hall–Kier alpha value is -0.940. The van der Waals surface area contributed by atoms with E-state index in [1.807, 2.05) is 18.2 Å². The summed E-state index contributed by atoms with van der Waals surface area (Å²) in [6, 6.07) is 5.93. The van der Waals surface area contributed by atoms with Crippen molar-refractivity contribution in [1.29, 1.82) is 0 Å². The Balaban J connectivity index is 2.89. The average molecular weight is 239 g/mol. The van der Waals surface area contributed by atoms with E-state index in [9.17, 15) is 0 Å². The SMILES string of the molecule is C#CCCc1cccc(OC)c1Br. The molecule has 0 aliphatic carbocycles. The highest BCUT2D eigenvalue weighted by Crippen LogP contribution is 2.28. The van der Waals surface area contributed by atoms with Crippen molar-refractivity contribution in [1.82, 2.24) is 0 Å². The van der Waals surface area contributed by atoms with Crippen LogP contribution in [0.1, 0.15) is 12.0 Å². The van der Waals surface area contributed by atoms with E-state index in [1.165, 1.54) is 5.56 Å². The molecular formula is C11H11BrO. The number of terminal acetylenes is 1. The first kappa shape index (κ1) is 10.1. The molecule has 0 spiro atoms. The summed E-state index contributed by atoms with van der Waals surface area (Å²) in [6.07, 6.45) is 6.84. The Labute approximate surface area is 87.2 Å². The monoisotopic (exact) mass is 238 g/mol. The van der Waals surface area contributed by atoms with Crippen LogP contribution in [-0.2, 0) is 6.42 Å². The van der Waals surface area contributed by atoms with Crippen LogP contribution in [0.3, 0.4) is 0 Å². The zero-order valence-corrected chi connectivity index (χ0v) is 9.10. The largest absolute Gasteiger partial charge is 0.496 e. The molecule has 0 aromatic heterocycles.